The molecule has 1 saturated heterocycles. The molecule has 2 aromatic carbocycles. The second-order valence-corrected chi connectivity index (χ2v) is 8.51. The monoisotopic (exact) mass is 436 g/mol. The first-order valence-electron chi connectivity index (χ1n) is 11.5. The lowest BCUT2D eigenvalue weighted by atomic mass is 9.94. The van der Waals surface area contributed by atoms with Gasteiger partial charge in [0, 0.05) is 42.3 Å². The fraction of sp³-hybridized carbons (Fsp3) is 0.407. The number of ether oxygens (including phenoxy) is 1. The fourth-order valence-corrected chi connectivity index (χ4v) is 4.18. The largest absolute Gasteiger partial charge is 0.507 e. The Hall–Kier alpha value is -2.60. The van der Waals surface area contributed by atoms with E-state index in [-0.39, 0.29) is 18.4 Å². The Labute approximate surface area is 191 Å². The van der Waals surface area contributed by atoms with Gasteiger partial charge in [-0.2, -0.15) is 0 Å². The number of piperidine rings is 1. The molecule has 1 aliphatic heterocycles. The van der Waals surface area contributed by atoms with E-state index in [1.54, 1.807) is 0 Å². The van der Waals surface area contributed by atoms with Crippen molar-refractivity contribution < 1.29 is 14.9 Å². The molecule has 0 radical (unpaired) electrons. The molecule has 0 aliphatic carbocycles. The number of phenols is 1. The van der Waals surface area contributed by atoms with E-state index in [9.17, 15) is 5.11 Å². The van der Waals surface area contributed by atoms with Crippen LogP contribution in [-0.2, 0) is 19.4 Å². The molecule has 0 bridgehead atoms. The summed E-state index contributed by atoms with van der Waals surface area (Å²) >= 11 is 0. The number of aromatic hydroxyl groups is 1. The average Bonchev–Trinajstić information content (AvgIpc) is 2.79. The number of allylic oxidation sites excluding steroid dienone is 2. The summed E-state index contributed by atoms with van der Waals surface area (Å²) in [6.45, 7) is 10.8. The van der Waals surface area contributed by atoms with Crippen LogP contribution in [0.15, 0.2) is 55.6 Å². The number of aliphatic hydroxyl groups excluding tert-OH is 1. The van der Waals surface area contributed by atoms with E-state index in [2.05, 4.69) is 30.2 Å². The molecule has 0 saturated carbocycles. The SMILES string of the molecule is C=CCc1ccc(OCCCO)c(-c2cc(CC=C)cc(CN3CCC(N)CC3)c2O)c1. The smallest absolute Gasteiger partial charge is 0.128 e. The number of hydrogen-bond donors (Lipinski definition) is 3. The Balaban J connectivity index is 2.02. The Bertz CT molecular complexity index is 917. The van der Waals surface area contributed by atoms with Gasteiger partial charge in [-0.25, -0.2) is 0 Å². The summed E-state index contributed by atoms with van der Waals surface area (Å²) in [6.07, 6.45) is 7.71. The van der Waals surface area contributed by atoms with Crippen LogP contribution in [0.4, 0.5) is 0 Å². The third kappa shape index (κ3) is 6.22. The Morgan fingerprint density at radius 1 is 1.03 bits per heavy atom. The molecule has 3 rings (SSSR count). The van der Waals surface area contributed by atoms with E-state index < -0.39 is 0 Å². The maximum Gasteiger partial charge on any atom is 0.128 e. The molecule has 172 valence electrons. The number of rotatable bonds is 11. The second-order valence-electron chi connectivity index (χ2n) is 8.51. The molecule has 1 fully saturated rings. The van der Waals surface area contributed by atoms with E-state index in [4.69, 9.17) is 15.6 Å². The summed E-state index contributed by atoms with van der Waals surface area (Å²) in [6, 6.07) is 10.4. The molecule has 2 aromatic rings. The van der Waals surface area contributed by atoms with Gasteiger partial charge in [0.1, 0.15) is 11.5 Å². The van der Waals surface area contributed by atoms with Crippen molar-refractivity contribution in [2.75, 3.05) is 26.3 Å². The predicted molar refractivity (Wildman–Crippen MR) is 131 cm³/mol. The molecule has 5 nitrogen and oxygen atoms in total. The lowest BCUT2D eigenvalue weighted by Gasteiger charge is -2.30. The van der Waals surface area contributed by atoms with Crippen LogP contribution in [0.5, 0.6) is 11.5 Å². The van der Waals surface area contributed by atoms with Crippen LogP contribution < -0.4 is 10.5 Å². The van der Waals surface area contributed by atoms with Gasteiger partial charge in [-0.15, -0.1) is 13.2 Å². The van der Waals surface area contributed by atoms with Crippen LogP contribution in [0.1, 0.15) is 36.0 Å². The highest BCUT2D eigenvalue weighted by Gasteiger charge is 2.20. The summed E-state index contributed by atoms with van der Waals surface area (Å²) < 4.78 is 5.98. The van der Waals surface area contributed by atoms with E-state index in [1.165, 1.54) is 0 Å². The minimum absolute atomic E-state index is 0.0770. The summed E-state index contributed by atoms with van der Waals surface area (Å²) in [5, 5.41) is 20.5. The van der Waals surface area contributed by atoms with Gasteiger partial charge in [0.2, 0.25) is 0 Å². The Morgan fingerprint density at radius 2 is 1.72 bits per heavy atom. The van der Waals surface area contributed by atoms with Crippen molar-refractivity contribution in [2.24, 2.45) is 5.73 Å². The van der Waals surface area contributed by atoms with Crippen LogP contribution in [0, 0.1) is 0 Å². The molecule has 0 aromatic heterocycles. The number of benzene rings is 2. The fourth-order valence-electron chi connectivity index (χ4n) is 4.18. The zero-order valence-electron chi connectivity index (χ0n) is 18.9. The number of phenolic OH excluding ortho intramolecular Hbond substituents is 1. The molecule has 0 atom stereocenters. The lowest BCUT2D eigenvalue weighted by molar-refractivity contribution is 0.203. The molecular weight excluding hydrogens is 400 g/mol. The van der Waals surface area contributed by atoms with Gasteiger partial charge >= 0.3 is 0 Å². The quantitative estimate of drug-likeness (QED) is 0.363. The number of nitrogens with zero attached hydrogens (tertiary/aromatic N) is 1. The molecule has 32 heavy (non-hydrogen) atoms. The van der Waals surface area contributed by atoms with Gasteiger partial charge in [0.15, 0.2) is 0 Å². The van der Waals surface area contributed by atoms with E-state index >= 15 is 0 Å². The number of aliphatic hydroxyl groups is 1. The first-order chi connectivity index (χ1) is 15.5. The van der Waals surface area contributed by atoms with Crippen molar-refractivity contribution >= 4 is 0 Å². The first-order valence-corrected chi connectivity index (χ1v) is 11.5. The van der Waals surface area contributed by atoms with Crippen LogP contribution in [0.2, 0.25) is 0 Å². The highest BCUT2D eigenvalue weighted by atomic mass is 16.5. The lowest BCUT2D eigenvalue weighted by Crippen LogP contribution is -2.39. The second kappa shape index (κ2) is 11.9. The number of hydrogen-bond acceptors (Lipinski definition) is 5. The van der Waals surface area contributed by atoms with Gasteiger partial charge in [0.25, 0.3) is 0 Å². The summed E-state index contributed by atoms with van der Waals surface area (Å²) in [5.74, 6) is 0.989. The molecule has 0 unspecified atom stereocenters. The topological polar surface area (TPSA) is 79.0 Å². The van der Waals surface area contributed by atoms with Crippen molar-refractivity contribution in [3.8, 4) is 22.6 Å². The molecule has 1 heterocycles. The third-order valence-corrected chi connectivity index (χ3v) is 5.93. The van der Waals surface area contributed by atoms with Crippen LogP contribution in [0.3, 0.4) is 0 Å². The number of likely N-dealkylation sites (tertiary alicyclic amines) is 1. The molecule has 4 N–H and O–H groups in total. The van der Waals surface area contributed by atoms with Gasteiger partial charge in [-0.3, -0.25) is 4.90 Å². The van der Waals surface area contributed by atoms with Gasteiger partial charge in [-0.05, 0) is 68.1 Å². The highest BCUT2D eigenvalue weighted by molar-refractivity contribution is 5.78. The van der Waals surface area contributed by atoms with Crippen LogP contribution >= 0.6 is 0 Å². The normalized spacial score (nSPS) is 14.9. The number of nitrogens with two attached hydrogens (primary N) is 1. The highest BCUT2D eigenvalue weighted by Crippen LogP contribution is 2.40. The maximum absolute atomic E-state index is 11.3. The first kappa shape index (κ1) is 24.1. The summed E-state index contributed by atoms with van der Waals surface area (Å²) in [5.41, 5.74) is 10.8. The average molecular weight is 437 g/mol. The van der Waals surface area contributed by atoms with Crippen molar-refractivity contribution in [3.63, 3.8) is 0 Å². The predicted octanol–water partition coefficient (Wildman–Crippen LogP) is 4.20. The van der Waals surface area contributed by atoms with Crippen molar-refractivity contribution in [3.05, 3.63) is 72.3 Å². The minimum atomic E-state index is 0.0770. The maximum atomic E-state index is 11.3. The van der Waals surface area contributed by atoms with Gasteiger partial charge < -0.3 is 20.7 Å². The van der Waals surface area contributed by atoms with Crippen molar-refractivity contribution in [1.29, 1.82) is 0 Å². The van der Waals surface area contributed by atoms with E-state index in [1.807, 2.05) is 30.4 Å². The molecule has 1 aliphatic rings. The Kier molecular flexibility index (Phi) is 8.91. The van der Waals surface area contributed by atoms with Crippen molar-refractivity contribution in [2.45, 2.75) is 44.7 Å². The van der Waals surface area contributed by atoms with E-state index in [0.29, 0.717) is 25.3 Å². The zero-order valence-corrected chi connectivity index (χ0v) is 18.9. The Morgan fingerprint density at radius 3 is 2.41 bits per heavy atom. The molecular formula is C27H36N2O3. The minimum Gasteiger partial charge on any atom is -0.507 e. The van der Waals surface area contributed by atoms with Crippen molar-refractivity contribution in [1.82, 2.24) is 4.90 Å². The molecule has 0 amide bonds. The zero-order chi connectivity index (χ0) is 22.9. The summed E-state index contributed by atoms with van der Waals surface area (Å²) in [4.78, 5) is 2.35. The van der Waals surface area contributed by atoms with Crippen LogP contribution in [-0.4, -0.2) is 47.5 Å². The van der Waals surface area contributed by atoms with E-state index in [0.717, 1.165) is 66.6 Å². The standard InChI is InChI=1S/C27H36N2O3/c1-3-6-20-8-9-26(32-15-5-14-30)24(17-20)25-18-21(7-4-2)16-22(27(25)31)19-29-12-10-23(28)11-13-29/h3-4,8-9,16-18,23,30-31H,1-2,5-7,10-15,19,28H2. The van der Waals surface area contributed by atoms with Gasteiger partial charge in [-0.1, -0.05) is 24.3 Å². The summed E-state index contributed by atoms with van der Waals surface area (Å²) in [7, 11) is 0. The molecule has 0 spiro atoms. The van der Waals surface area contributed by atoms with Gasteiger partial charge in [0.05, 0.1) is 6.61 Å². The van der Waals surface area contributed by atoms with Crippen LogP contribution in [0.25, 0.3) is 11.1 Å². The molecule has 5 heteroatoms. The third-order valence-electron chi connectivity index (χ3n) is 5.93.